The normalized spacial score (nSPS) is 16.5. The fourth-order valence-electron chi connectivity index (χ4n) is 8.79. The summed E-state index contributed by atoms with van der Waals surface area (Å²) < 4.78 is 5.06. The van der Waals surface area contributed by atoms with Crippen LogP contribution in [-0.4, -0.2) is 73.4 Å². The second-order valence-corrected chi connectivity index (χ2v) is 17.2. The summed E-state index contributed by atoms with van der Waals surface area (Å²) >= 11 is 12.3. The Labute approximate surface area is 393 Å². The average Bonchev–Trinajstić information content (AvgIpc) is 3.33. The van der Waals surface area contributed by atoms with Crippen molar-refractivity contribution >= 4 is 40.5 Å². The van der Waals surface area contributed by atoms with Gasteiger partial charge in [-0.25, -0.2) is 0 Å². The maximum absolute atomic E-state index is 11.9. The molecule has 0 spiro atoms. The van der Waals surface area contributed by atoms with Gasteiger partial charge in [-0.3, -0.25) is 14.6 Å². The van der Waals surface area contributed by atoms with Gasteiger partial charge in [0.15, 0.2) is 0 Å². The number of rotatable bonds is 13. The lowest BCUT2D eigenvalue weighted by molar-refractivity contribution is -0.142. The highest BCUT2D eigenvalue weighted by molar-refractivity contribution is 6.30. The molecule has 2 atom stereocenters. The third-order valence-electron chi connectivity index (χ3n) is 12.0. The largest absolute Gasteiger partial charge is 0.466 e. The molecule has 0 saturated carbocycles. The molecule has 2 aliphatic heterocycles. The van der Waals surface area contributed by atoms with Crippen LogP contribution >= 0.6 is 23.2 Å². The first-order chi connectivity index (χ1) is 31.7. The van der Waals surface area contributed by atoms with Gasteiger partial charge in [0.2, 0.25) is 0 Å². The number of aliphatic hydroxyl groups excluding tert-OH is 1. The van der Waals surface area contributed by atoms with E-state index in [1.807, 2.05) is 72.8 Å². The van der Waals surface area contributed by atoms with Crippen molar-refractivity contribution in [2.24, 2.45) is 0 Å². The third kappa shape index (κ3) is 12.6. The molecule has 332 valence electrons. The minimum atomic E-state index is -0.285. The highest BCUT2D eigenvalue weighted by atomic mass is 35.5. The van der Waals surface area contributed by atoms with Crippen LogP contribution in [0.15, 0.2) is 146 Å². The minimum Gasteiger partial charge on any atom is -0.466 e. The van der Waals surface area contributed by atoms with Gasteiger partial charge in [-0.15, -0.1) is 0 Å². The van der Waals surface area contributed by atoms with Gasteiger partial charge in [0.1, 0.15) is 12.1 Å². The molecule has 2 saturated heterocycles. The second kappa shape index (κ2) is 23.1. The minimum absolute atomic E-state index is 0.0673. The van der Waals surface area contributed by atoms with E-state index in [4.69, 9.17) is 27.9 Å². The Kier molecular flexibility index (Phi) is 16.7. The van der Waals surface area contributed by atoms with Crippen LogP contribution in [0.2, 0.25) is 10.0 Å². The van der Waals surface area contributed by atoms with Crippen LogP contribution in [0.1, 0.15) is 63.5 Å². The molecule has 1 N–H and O–H groups in total. The molecule has 2 unspecified atom stereocenters. The predicted octanol–water partition coefficient (Wildman–Crippen LogP) is 10.2. The Bertz CT molecular complexity index is 2560. The van der Waals surface area contributed by atoms with E-state index in [2.05, 4.69) is 105 Å². The number of piperazine rings is 2. The summed E-state index contributed by atoms with van der Waals surface area (Å²) in [4.78, 5) is 21.5. The lowest BCUT2D eigenvalue weighted by atomic mass is 9.98. The summed E-state index contributed by atoms with van der Waals surface area (Å²) in [7, 11) is 0. The molecule has 0 aromatic heterocycles. The molecule has 2 aliphatic rings. The van der Waals surface area contributed by atoms with E-state index in [9.17, 15) is 20.4 Å². The molecule has 8 rings (SSSR count). The Morgan fingerprint density at radius 2 is 1.06 bits per heavy atom. The molecule has 2 fully saturated rings. The van der Waals surface area contributed by atoms with Gasteiger partial charge in [0, 0.05) is 69.0 Å². The number of nitriles is 2. The van der Waals surface area contributed by atoms with Crippen molar-refractivity contribution in [1.82, 2.24) is 9.80 Å². The van der Waals surface area contributed by atoms with Crippen molar-refractivity contribution in [2.45, 2.75) is 44.9 Å². The molecule has 0 bridgehead atoms. The highest BCUT2D eigenvalue weighted by Crippen LogP contribution is 2.36. The number of anilines is 2. The zero-order valence-electron chi connectivity index (χ0n) is 36.7. The predicted molar refractivity (Wildman–Crippen MR) is 260 cm³/mol. The van der Waals surface area contributed by atoms with Crippen LogP contribution < -0.4 is 9.80 Å². The van der Waals surface area contributed by atoms with Crippen molar-refractivity contribution in [3.63, 3.8) is 0 Å². The topological polar surface area (TPSA) is 107 Å². The molecule has 9 nitrogen and oxygen atoms in total. The first kappa shape index (κ1) is 46.8. The summed E-state index contributed by atoms with van der Waals surface area (Å²) in [6.45, 7) is 9.09. The summed E-state index contributed by atoms with van der Waals surface area (Å²) in [5.41, 5.74) is 9.74. The van der Waals surface area contributed by atoms with Crippen LogP contribution in [0.25, 0.3) is 0 Å². The molecule has 0 amide bonds. The first-order valence-corrected chi connectivity index (χ1v) is 22.9. The van der Waals surface area contributed by atoms with E-state index < -0.39 is 0 Å². The standard InChI is InChI=1S/C28H28ClN3O2.C26H26ClN3O/c1-2-34-28(33)17-22-8-13-26(24(16-22)18-30)32-15-14-31(19-21-6-4-3-5-7-21)20-27(32)23-9-11-25(29)12-10-23;27-24-9-7-22(8-10-24)26-19-29(18-21-4-2-1-3-5-21)13-14-30(26)25-11-6-20(12-15-31)16-23(25)17-28/h3-13,16,27H,2,14-15,17,19-20H2,1H3;1-11,16,26,31H,12-15,18-19H2. The molecular formula is C54H54Cl2N6O3. The zero-order chi connectivity index (χ0) is 45.5. The van der Waals surface area contributed by atoms with E-state index in [0.29, 0.717) is 29.2 Å². The number of nitrogens with zero attached hydrogens (tertiary/aromatic N) is 6. The number of esters is 1. The maximum atomic E-state index is 11.9. The van der Waals surface area contributed by atoms with Crippen LogP contribution in [0.3, 0.4) is 0 Å². The molecule has 11 heteroatoms. The van der Waals surface area contributed by atoms with E-state index in [1.165, 1.54) is 16.7 Å². The van der Waals surface area contributed by atoms with Gasteiger partial charge >= 0.3 is 5.97 Å². The molecule has 6 aromatic rings. The number of benzene rings is 6. The van der Waals surface area contributed by atoms with Gasteiger partial charge in [0.05, 0.1) is 47.6 Å². The zero-order valence-corrected chi connectivity index (χ0v) is 38.2. The quantitative estimate of drug-likeness (QED) is 0.113. The van der Waals surface area contributed by atoms with Gasteiger partial charge in [-0.2, -0.15) is 10.5 Å². The van der Waals surface area contributed by atoms with Crippen LogP contribution in [0.5, 0.6) is 0 Å². The summed E-state index contributed by atoms with van der Waals surface area (Å²) in [6.07, 6.45) is 0.717. The number of carbonyl (C=O) groups excluding carboxylic acids is 1. The van der Waals surface area contributed by atoms with E-state index >= 15 is 0 Å². The molecule has 6 aromatic carbocycles. The summed E-state index contributed by atoms with van der Waals surface area (Å²) in [5.74, 6) is -0.285. The van der Waals surface area contributed by atoms with Gasteiger partial charge < -0.3 is 19.6 Å². The number of hydrogen-bond acceptors (Lipinski definition) is 9. The van der Waals surface area contributed by atoms with E-state index in [1.54, 1.807) is 6.92 Å². The summed E-state index contributed by atoms with van der Waals surface area (Å²) in [5, 5.41) is 30.4. The van der Waals surface area contributed by atoms with Crippen molar-refractivity contribution in [2.75, 3.05) is 62.3 Å². The fourth-order valence-corrected chi connectivity index (χ4v) is 9.04. The number of aliphatic hydroxyl groups is 1. The Hall–Kier alpha value is -6.17. The van der Waals surface area contributed by atoms with Gasteiger partial charge in [-0.1, -0.05) is 120 Å². The SMILES string of the molecule is CCOC(=O)Cc1ccc(N2CCN(Cc3ccccc3)CC2c2ccc(Cl)cc2)c(C#N)c1.N#Cc1cc(CCO)ccc1N1CCN(Cc2ccccc2)CC1c1ccc(Cl)cc1. The lowest BCUT2D eigenvalue weighted by Gasteiger charge is -2.43. The first-order valence-electron chi connectivity index (χ1n) is 22.1. The molecule has 0 radical (unpaired) electrons. The van der Waals surface area contributed by atoms with Crippen molar-refractivity contribution < 1.29 is 14.6 Å². The number of ether oxygens (including phenoxy) is 1. The number of hydrogen-bond donors (Lipinski definition) is 1. The lowest BCUT2D eigenvalue weighted by Crippen LogP contribution is -2.48. The maximum Gasteiger partial charge on any atom is 0.310 e. The molecule has 2 heterocycles. The Morgan fingerprint density at radius 1 is 0.615 bits per heavy atom. The molecular weight excluding hydrogens is 852 g/mol. The van der Waals surface area contributed by atoms with E-state index in [-0.39, 0.29) is 31.1 Å². The van der Waals surface area contributed by atoms with E-state index in [0.717, 1.165) is 85.4 Å². The average molecular weight is 906 g/mol. The Balaban J connectivity index is 0.000000195. The van der Waals surface area contributed by atoms with Crippen LogP contribution in [-0.2, 0) is 35.5 Å². The number of carbonyl (C=O) groups is 1. The highest BCUT2D eigenvalue weighted by Gasteiger charge is 2.32. The monoisotopic (exact) mass is 904 g/mol. The molecule has 0 aliphatic carbocycles. The number of halogens is 2. The summed E-state index contributed by atoms with van der Waals surface area (Å²) in [6, 6.07) is 53.5. The van der Waals surface area contributed by atoms with Crippen LogP contribution in [0.4, 0.5) is 11.4 Å². The smallest absolute Gasteiger partial charge is 0.310 e. The van der Waals surface area contributed by atoms with Crippen LogP contribution in [0, 0.1) is 22.7 Å². The molecule has 65 heavy (non-hydrogen) atoms. The van der Waals surface area contributed by atoms with Crippen molar-refractivity contribution in [1.29, 1.82) is 10.5 Å². The Morgan fingerprint density at radius 3 is 1.49 bits per heavy atom. The van der Waals surface area contributed by atoms with Crippen molar-refractivity contribution in [3.8, 4) is 12.1 Å². The van der Waals surface area contributed by atoms with Crippen molar-refractivity contribution in [3.05, 3.63) is 200 Å². The third-order valence-corrected chi connectivity index (χ3v) is 12.5. The van der Waals surface area contributed by atoms with Gasteiger partial charge in [0.25, 0.3) is 0 Å². The fraction of sp³-hybridized carbons (Fsp3) is 0.278. The van der Waals surface area contributed by atoms with Gasteiger partial charge in [-0.05, 0) is 95.3 Å². The second-order valence-electron chi connectivity index (χ2n) is 16.3.